The van der Waals surface area contributed by atoms with Crippen LogP contribution in [-0.2, 0) is 9.63 Å². The van der Waals surface area contributed by atoms with Crippen molar-refractivity contribution >= 4 is 5.91 Å². The molecular formula is C10H20N2O2. The highest BCUT2D eigenvalue weighted by Crippen LogP contribution is 2.13. The van der Waals surface area contributed by atoms with Gasteiger partial charge in [0.05, 0.1) is 6.10 Å². The number of carbonyl (C=O) groups excluding carboxylic acids is 1. The molecule has 4 heteroatoms. The van der Waals surface area contributed by atoms with E-state index in [0.717, 1.165) is 25.9 Å². The second-order valence-corrected chi connectivity index (χ2v) is 4.75. The Hall–Kier alpha value is -0.610. The highest BCUT2D eigenvalue weighted by atomic mass is 16.7. The highest BCUT2D eigenvalue weighted by molar-refractivity contribution is 5.80. The third-order valence-corrected chi connectivity index (χ3v) is 2.29. The van der Waals surface area contributed by atoms with Gasteiger partial charge in [-0.15, -0.1) is 0 Å². The van der Waals surface area contributed by atoms with E-state index < -0.39 is 0 Å². The van der Waals surface area contributed by atoms with E-state index in [4.69, 9.17) is 4.84 Å². The molecule has 82 valence electrons. The van der Waals surface area contributed by atoms with Gasteiger partial charge in [0.1, 0.15) is 0 Å². The third-order valence-electron chi connectivity index (χ3n) is 2.29. The van der Waals surface area contributed by atoms with Crippen molar-refractivity contribution in [3.05, 3.63) is 0 Å². The van der Waals surface area contributed by atoms with Gasteiger partial charge in [0.2, 0.25) is 5.91 Å². The lowest BCUT2D eigenvalue weighted by atomic mass is 9.96. The Bertz CT molecular complexity index is 193. The largest absolute Gasteiger partial charge is 0.317 e. The lowest BCUT2D eigenvalue weighted by Crippen LogP contribution is -2.41. The van der Waals surface area contributed by atoms with Crippen molar-refractivity contribution in [1.82, 2.24) is 10.8 Å². The molecule has 1 heterocycles. The molecule has 0 aromatic rings. The fraction of sp³-hybridized carbons (Fsp3) is 0.900. The van der Waals surface area contributed by atoms with Gasteiger partial charge in [0, 0.05) is 5.41 Å². The SMILES string of the molecule is CC(C)(C)C(=O)NOC1CCNCC1. The molecule has 1 amide bonds. The molecule has 0 bridgehead atoms. The fourth-order valence-electron chi connectivity index (χ4n) is 1.20. The summed E-state index contributed by atoms with van der Waals surface area (Å²) < 4.78 is 0. The van der Waals surface area contributed by atoms with Crippen LogP contribution in [-0.4, -0.2) is 25.1 Å². The summed E-state index contributed by atoms with van der Waals surface area (Å²) in [7, 11) is 0. The predicted octanol–water partition coefficient (Wildman–Crippen LogP) is 0.832. The predicted molar refractivity (Wildman–Crippen MR) is 54.6 cm³/mol. The Balaban J connectivity index is 2.22. The second-order valence-electron chi connectivity index (χ2n) is 4.75. The molecule has 0 aromatic carbocycles. The van der Waals surface area contributed by atoms with E-state index in [2.05, 4.69) is 10.8 Å². The van der Waals surface area contributed by atoms with Crippen LogP contribution in [0.15, 0.2) is 0 Å². The fourth-order valence-corrected chi connectivity index (χ4v) is 1.20. The third kappa shape index (κ3) is 3.64. The average molecular weight is 200 g/mol. The first-order valence-electron chi connectivity index (χ1n) is 5.17. The molecule has 0 saturated carbocycles. The molecule has 0 aromatic heterocycles. The summed E-state index contributed by atoms with van der Waals surface area (Å²) >= 11 is 0. The van der Waals surface area contributed by atoms with E-state index in [1.54, 1.807) is 0 Å². The van der Waals surface area contributed by atoms with E-state index >= 15 is 0 Å². The van der Waals surface area contributed by atoms with Crippen LogP contribution in [0, 0.1) is 5.41 Å². The summed E-state index contributed by atoms with van der Waals surface area (Å²) in [5.74, 6) is -0.0592. The molecule has 1 saturated heterocycles. The van der Waals surface area contributed by atoms with E-state index in [1.807, 2.05) is 20.8 Å². The standard InChI is InChI=1S/C10H20N2O2/c1-10(2,3)9(13)12-14-8-4-6-11-7-5-8/h8,11H,4-7H2,1-3H3,(H,12,13). The van der Waals surface area contributed by atoms with Crippen molar-refractivity contribution in [3.63, 3.8) is 0 Å². The molecule has 14 heavy (non-hydrogen) atoms. The summed E-state index contributed by atoms with van der Waals surface area (Å²) in [4.78, 5) is 16.8. The number of hydrogen-bond donors (Lipinski definition) is 2. The minimum absolute atomic E-state index is 0.0592. The number of hydroxylamine groups is 1. The van der Waals surface area contributed by atoms with Crippen LogP contribution in [0.4, 0.5) is 0 Å². The zero-order chi connectivity index (χ0) is 10.6. The van der Waals surface area contributed by atoms with Crippen LogP contribution >= 0.6 is 0 Å². The van der Waals surface area contributed by atoms with Crippen LogP contribution in [0.2, 0.25) is 0 Å². The number of piperidine rings is 1. The minimum Gasteiger partial charge on any atom is -0.317 e. The molecule has 0 atom stereocenters. The summed E-state index contributed by atoms with van der Waals surface area (Å²) in [6, 6.07) is 0. The first-order chi connectivity index (χ1) is 6.50. The maximum Gasteiger partial charge on any atom is 0.248 e. The van der Waals surface area contributed by atoms with Crippen LogP contribution in [0.25, 0.3) is 0 Å². The van der Waals surface area contributed by atoms with Gasteiger partial charge in [0.25, 0.3) is 0 Å². The monoisotopic (exact) mass is 200 g/mol. The molecule has 4 nitrogen and oxygen atoms in total. The minimum atomic E-state index is -0.382. The van der Waals surface area contributed by atoms with Gasteiger partial charge in [0.15, 0.2) is 0 Å². The zero-order valence-corrected chi connectivity index (χ0v) is 9.22. The first kappa shape index (κ1) is 11.5. The Morgan fingerprint density at radius 1 is 1.36 bits per heavy atom. The number of nitrogens with one attached hydrogen (secondary N) is 2. The smallest absolute Gasteiger partial charge is 0.248 e. The van der Waals surface area contributed by atoms with Gasteiger partial charge in [-0.25, -0.2) is 5.48 Å². The van der Waals surface area contributed by atoms with Gasteiger partial charge in [-0.3, -0.25) is 9.63 Å². The quantitative estimate of drug-likeness (QED) is 0.649. The van der Waals surface area contributed by atoms with Gasteiger partial charge in [-0.2, -0.15) is 0 Å². The summed E-state index contributed by atoms with van der Waals surface area (Å²) in [6.07, 6.45) is 2.09. The Morgan fingerprint density at radius 3 is 2.43 bits per heavy atom. The van der Waals surface area contributed by atoms with Crippen molar-refractivity contribution in [3.8, 4) is 0 Å². The number of amides is 1. The number of hydrogen-bond acceptors (Lipinski definition) is 3. The molecule has 1 rings (SSSR count). The van der Waals surface area contributed by atoms with Crippen molar-refractivity contribution in [2.24, 2.45) is 5.41 Å². The summed E-state index contributed by atoms with van der Waals surface area (Å²) in [6.45, 7) is 7.54. The molecular weight excluding hydrogens is 180 g/mol. The van der Waals surface area contributed by atoms with Crippen LogP contribution in [0.5, 0.6) is 0 Å². The number of rotatable bonds is 2. The molecule has 0 aliphatic carbocycles. The van der Waals surface area contributed by atoms with E-state index in [0.29, 0.717) is 0 Å². The molecule has 1 aliphatic heterocycles. The molecule has 2 N–H and O–H groups in total. The Kier molecular flexibility index (Phi) is 3.89. The molecule has 0 radical (unpaired) electrons. The normalized spacial score (nSPS) is 19.4. The lowest BCUT2D eigenvalue weighted by molar-refractivity contribution is -0.147. The number of carbonyl (C=O) groups is 1. The van der Waals surface area contributed by atoms with Crippen molar-refractivity contribution < 1.29 is 9.63 Å². The maximum atomic E-state index is 11.5. The molecule has 0 spiro atoms. The average Bonchev–Trinajstić information content (AvgIpc) is 2.14. The summed E-state index contributed by atoms with van der Waals surface area (Å²) in [5, 5.41) is 3.24. The van der Waals surface area contributed by atoms with Gasteiger partial charge in [-0.05, 0) is 25.9 Å². The van der Waals surface area contributed by atoms with Gasteiger partial charge >= 0.3 is 0 Å². The molecule has 0 unspecified atom stereocenters. The Labute approximate surface area is 85.3 Å². The van der Waals surface area contributed by atoms with Crippen molar-refractivity contribution in [2.75, 3.05) is 13.1 Å². The zero-order valence-electron chi connectivity index (χ0n) is 9.22. The van der Waals surface area contributed by atoms with E-state index in [-0.39, 0.29) is 17.4 Å². The molecule has 1 aliphatic rings. The van der Waals surface area contributed by atoms with Crippen molar-refractivity contribution in [1.29, 1.82) is 0 Å². The Morgan fingerprint density at radius 2 is 1.93 bits per heavy atom. The van der Waals surface area contributed by atoms with Crippen LogP contribution < -0.4 is 10.8 Å². The molecule has 1 fully saturated rings. The van der Waals surface area contributed by atoms with Gasteiger partial charge < -0.3 is 5.32 Å². The summed E-state index contributed by atoms with van der Waals surface area (Å²) in [5.41, 5.74) is 2.14. The highest BCUT2D eigenvalue weighted by Gasteiger charge is 2.23. The first-order valence-corrected chi connectivity index (χ1v) is 5.17. The van der Waals surface area contributed by atoms with Crippen LogP contribution in [0.3, 0.4) is 0 Å². The van der Waals surface area contributed by atoms with E-state index in [1.165, 1.54) is 0 Å². The van der Waals surface area contributed by atoms with Crippen LogP contribution in [0.1, 0.15) is 33.6 Å². The topological polar surface area (TPSA) is 50.4 Å². The van der Waals surface area contributed by atoms with E-state index in [9.17, 15) is 4.79 Å². The van der Waals surface area contributed by atoms with Gasteiger partial charge in [-0.1, -0.05) is 20.8 Å². The second kappa shape index (κ2) is 4.75. The van der Waals surface area contributed by atoms with Crippen molar-refractivity contribution in [2.45, 2.75) is 39.7 Å². The lowest BCUT2D eigenvalue weighted by Gasteiger charge is -2.24. The maximum absolute atomic E-state index is 11.5.